The van der Waals surface area contributed by atoms with Crippen molar-refractivity contribution in [1.82, 2.24) is 10.0 Å². The number of amidine groups is 1. The van der Waals surface area contributed by atoms with Gasteiger partial charge in [0.2, 0.25) is 0 Å². The highest BCUT2D eigenvalue weighted by molar-refractivity contribution is 8.31. The number of rotatable bonds is 3. The van der Waals surface area contributed by atoms with Gasteiger partial charge in [0, 0.05) is 19.8 Å². The molecule has 23 heavy (non-hydrogen) atoms. The van der Waals surface area contributed by atoms with Crippen LogP contribution in [0.1, 0.15) is 40.2 Å². The summed E-state index contributed by atoms with van der Waals surface area (Å²) in [6.07, 6.45) is 0. The number of hydrogen-bond donors (Lipinski definition) is 2. The molecule has 1 heterocycles. The van der Waals surface area contributed by atoms with Crippen molar-refractivity contribution in [1.29, 1.82) is 0 Å². The van der Waals surface area contributed by atoms with Gasteiger partial charge in [-0.05, 0) is 47.2 Å². The third kappa shape index (κ3) is 2.77. The largest absolute Gasteiger partial charge is 0.326 e. The second kappa shape index (κ2) is 5.46. The van der Waals surface area contributed by atoms with E-state index in [4.69, 9.17) is 17.2 Å². The molecule has 128 valence electrons. The summed E-state index contributed by atoms with van der Waals surface area (Å²) in [5, 5.41) is 3.64. The van der Waals surface area contributed by atoms with Crippen LogP contribution in [0, 0.1) is 0 Å². The number of thiocarbonyl (C=S) groups is 1. The monoisotopic (exact) mass is 353 g/mol. The zero-order valence-corrected chi connectivity index (χ0v) is 16.4. The number of nitrogens with zero attached hydrogens (tertiary/aromatic N) is 1. The van der Waals surface area contributed by atoms with Crippen LogP contribution in [0.3, 0.4) is 0 Å². The van der Waals surface area contributed by atoms with E-state index in [0.29, 0.717) is 15.9 Å². The fourth-order valence-electron chi connectivity index (χ4n) is 2.73. The average Bonchev–Trinajstić information content (AvgIpc) is 2.73. The standard InChI is InChI=1S/C17H27N3OS2/c1-16(2,3)23(21,18-6,12-13-10-8-7-9-11-13)15-19-14(22)17(4,5)20-15/h7-11H,12H2,1-6H3,(H,18,21)(H,19,20,22). The lowest BCUT2D eigenvalue weighted by Crippen LogP contribution is -2.67. The molecule has 0 spiro atoms. The molecule has 4 nitrogen and oxygen atoms in total. The van der Waals surface area contributed by atoms with Gasteiger partial charge in [0.25, 0.3) is 0 Å². The summed E-state index contributed by atoms with van der Waals surface area (Å²) >= 11 is 5.41. The van der Waals surface area contributed by atoms with Crippen molar-refractivity contribution < 1.29 is 4.21 Å². The van der Waals surface area contributed by atoms with Gasteiger partial charge >= 0.3 is 0 Å². The van der Waals surface area contributed by atoms with Gasteiger partial charge in [0.1, 0.15) is 10.5 Å². The molecule has 2 rings (SSSR count). The zero-order chi connectivity index (χ0) is 17.5. The lowest BCUT2D eigenvalue weighted by Gasteiger charge is -2.51. The van der Waals surface area contributed by atoms with Crippen molar-refractivity contribution in [2.45, 2.75) is 50.7 Å². The molecule has 0 saturated carbocycles. The van der Waals surface area contributed by atoms with Crippen molar-refractivity contribution in [3.8, 4) is 0 Å². The molecular weight excluding hydrogens is 326 g/mol. The highest BCUT2D eigenvalue weighted by Crippen LogP contribution is 2.42. The summed E-state index contributed by atoms with van der Waals surface area (Å²) in [5.41, 5.74) is 0.472. The number of hydrogen-bond acceptors (Lipinski definition) is 3. The first-order chi connectivity index (χ1) is 10.4. The molecule has 0 aliphatic carbocycles. The maximum absolute atomic E-state index is 14.6. The van der Waals surface area contributed by atoms with E-state index in [1.807, 2.05) is 65.0 Å². The maximum Gasteiger partial charge on any atom is 0.185 e. The number of nitrogens with one attached hydrogen (secondary N) is 2. The van der Waals surface area contributed by atoms with E-state index in [1.165, 1.54) is 0 Å². The van der Waals surface area contributed by atoms with Crippen LogP contribution in [-0.4, -0.2) is 31.7 Å². The Morgan fingerprint density at radius 2 is 1.83 bits per heavy atom. The molecule has 0 amide bonds. The van der Waals surface area contributed by atoms with E-state index in [0.717, 1.165) is 5.56 Å². The molecule has 0 atom stereocenters. The van der Waals surface area contributed by atoms with Crippen molar-refractivity contribution >= 4 is 31.6 Å². The highest BCUT2D eigenvalue weighted by atomic mass is 32.3. The van der Waals surface area contributed by atoms with E-state index in [1.54, 1.807) is 7.05 Å². The highest BCUT2D eigenvalue weighted by Gasteiger charge is 2.54. The van der Waals surface area contributed by atoms with Crippen LogP contribution >= 0.6 is 12.2 Å². The molecule has 1 aliphatic heterocycles. The molecular formula is C17H27N3OS2. The van der Waals surface area contributed by atoms with Crippen LogP contribution in [0.15, 0.2) is 35.3 Å². The normalized spacial score (nSPS) is 19.7. The van der Waals surface area contributed by atoms with Gasteiger partial charge in [-0.3, -0.25) is 8.93 Å². The Labute approximate surface area is 144 Å². The minimum absolute atomic E-state index is 0.378. The van der Waals surface area contributed by atoms with E-state index < -0.39 is 19.5 Å². The molecule has 0 aromatic heterocycles. The van der Waals surface area contributed by atoms with Crippen LogP contribution in [0.5, 0.6) is 0 Å². The molecule has 0 fully saturated rings. The fourth-order valence-corrected chi connectivity index (χ4v) is 6.60. The molecule has 0 saturated heterocycles. The van der Waals surface area contributed by atoms with Crippen LogP contribution in [-0.2, 0) is 15.0 Å². The topological polar surface area (TPSA) is 53.5 Å². The lowest BCUT2D eigenvalue weighted by atomic mass is 10.1. The van der Waals surface area contributed by atoms with Gasteiger partial charge < -0.3 is 5.32 Å². The van der Waals surface area contributed by atoms with Crippen molar-refractivity contribution in [2.24, 2.45) is 4.99 Å². The third-order valence-electron chi connectivity index (χ3n) is 4.58. The first-order valence-electron chi connectivity index (χ1n) is 7.73. The Morgan fingerprint density at radius 3 is 2.22 bits per heavy atom. The van der Waals surface area contributed by atoms with Crippen molar-refractivity contribution in [3.63, 3.8) is 0 Å². The Balaban J connectivity index is 2.67. The predicted molar refractivity (Wildman–Crippen MR) is 104 cm³/mol. The van der Waals surface area contributed by atoms with Crippen LogP contribution in [0.25, 0.3) is 0 Å². The van der Waals surface area contributed by atoms with Gasteiger partial charge in [-0.1, -0.05) is 42.5 Å². The molecule has 1 aliphatic rings. The zero-order valence-electron chi connectivity index (χ0n) is 14.8. The Kier molecular flexibility index (Phi) is 4.33. The molecule has 2 N–H and O–H groups in total. The van der Waals surface area contributed by atoms with E-state index in [9.17, 15) is 4.21 Å². The smallest absolute Gasteiger partial charge is 0.185 e. The molecule has 1 aromatic rings. The number of benzene rings is 1. The Bertz CT molecular complexity index is 717. The first-order valence-corrected chi connectivity index (χ1v) is 10.3. The van der Waals surface area contributed by atoms with Crippen molar-refractivity contribution in [2.75, 3.05) is 7.05 Å². The molecule has 0 unspecified atom stereocenters. The third-order valence-corrected chi connectivity index (χ3v) is 10.5. The molecule has 1 aromatic carbocycles. The van der Waals surface area contributed by atoms with E-state index >= 15 is 0 Å². The summed E-state index contributed by atoms with van der Waals surface area (Å²) < 4.78 is 17.3. The average molecular weight is 354 g/mol. The van der Waals surface area contributed by atoms with Crippen LogP contribution in [0.4, 0.5) is 0 Å². The van der Waals surface area contributed by atoms with Gasteiger partial charge in [-0.25, -0.2) is 4.99 Å². The minimum Gasteiger partial charge on any atom is -0.326 e. The molecule has 0 bridgehead atoms. The first kappa shape index (κ1) is 18.2. The predicted octanol–water partition coefficient (Wildman–Crippen LogP) is 3.00. The molecule has 6 heteroatoms. The summed E-state index contributed by atoms with van der Waals surface area (Å²) in [6, 6.07) is 9.87. The van der Waals surface area contributed by atoms with Crippen molar-refractivity contribution in [3.05, 3.63) is 35.9 Å². The SMILES string of the molecule is CNS(=O)(Cc1ccccc1)(C1=NC(C)(C)C(=S)N1)C(C)(C)C. The number of aliphatic imine (C=N–C) groups is 1. The molecule has 0 radical (unpaired) electrons. The van der Waals surface area contributed by atoms with Gasteiger partial charge in [-0.2, -0.15) is 0 Å². The minimum atomic E-state index is -3.55. The van der Waals surface area contributed by atoms with Crippen LogP contribution in [0.2, 0.25) is 0 Å². The summed E-state index contributed by atoms with van der Waals surface area (Å²) in [4.78, 5) is 5.33. The van der Waals surface area contributed by atoms with Crippen LogP contribution < -0.4 is 10.0 Å². The van der Waals surface area contributed by atoms with Gasteiger partial charge in [0.05, 0.1) is 0 Å². The fraction of sp³-hybridized carbons (Fsp3) is 0.529. The second-order valence-electron chi connectivity index (χ2n) is 7.48. The maximum atomic E-state index is 14.6. The van der Waals surface area contributed by atoms with Gasteiger partial charge in [0.15, 0.2) is 5.17 Å². The second-order valence-corrected chi connectivity index (χ2v) is 12.4. The Hall–Kier alpha value is -1.11. The van der Waals surface area contributed by atoms with Gasteiger partial charge in [-0.15, -0.1) is 0 Å². The quantitative estimate of drug-likeness (QED) is 0.822. The summed E-state index contributed by atoms with van der Waals surface area (Å²) in [7, 11) is -1.80. The summed E-state index contributed by atoms with van der Waals surface area (Å²) in [6.45, 7) is 9.83. The summed E-state index contributed by atoms with van der Waals surface area (Å²) in [5.74, 6) is 0.378. The Morgan fingerprint density at radius 1 is 1.26 bits per heavy atom. The van der Waals surface area contributed by atoms with E-state index in [-0.39, 0.29) is 0 Å². The lowest BCUT2D eigenvalue weighted by molar-refractivity contribution is 0.610. The van der Waals surface area contributed by atoms with E-state index in [2.05, 4.69) is 10.0 Å².